The molecule has 15 heavy (non-hydrogen) atoms. The third-order valence-corrected chi connectivity index (χ3v) is 2.08. The van der Waals surface area contributed by atoms with Gasteiger partial charge in [-0.15, -0.1) is 0 Å². The van der Waals surface area contributed by atoms with Crippen LogP contribution in [0.3, 0.4) is 0 Å². The van der Waals surface area contributed by atoms with E-state index in [1.165, 1.54) is 0 Å². The molecule has 0 radical (unpaired) electrons. The normalized spacial score (nSPS) is 9.93. The van der Waals surface area contributed by atoms with E-state index in [0.717, 1.165) is 0 Å². The molecule has 0 aliphatic carbocycles. The lowest BCUT2D eigenvalue weighted by Gasteiger charge is -2.05. The van der Waals surface area contributed by atoms with Gasteiger partial charge in [-0.1, -0.05) is 23.7 Å². The minimum absolute atomic E-state index is 0.175. The van der Waals surface area contributed by atoms with E-state index < -0.39 is 0 Å². The first-order chi connectivity index (χ1) is 7.24. The minimum Gasteiger partial charge on any atom is -0.508 e. The first-order valence-corrected chi connectivity index (χ1v) is 4.84. The Hall–Kier alpha value is -1.67. The summed E-state index contributed by atoms with van der Waals surface area (Å²) in [5.74, 6) is 1.40. The zero-order valence-corrected chi connectivity index (χ0v) is 8.61. The fourth-order valence-electron chi connectivity index (χ4n) is 1.21. The molecule has 0 bridgehead atoms. The van der Waals surface area contributed by atoms with Gasteiger partial charge < -0.3 is 9.84 Å². The maximum atomic E-state index is 9.24. The highest BCUT2D eigenvalue weighted by atomic mass is 35.5. The zero-order chi connectivity index (χ0) is 10.7. The average Bonchev–Trinajstić information content (AvgIpc) is 2.17. The molecule has 3 heteroatoms. The standard InChI is InChI=1S/C12H9ClO2/c13-9-3-1-5-11(7-9)15-12-6-2-4-10(14)8-12/h1-8,14H. The number of halogens is 1. The molecule has 2 aromatic carbocycles. The lowest BCUT2D eigenvalue weighted by Crippen LogP contribution is -1.82. The Morgan fingerprint density at radius 1 is 0.933 bits per heavy atom. The summed E-state index contributed by atoms with van der Waals surface area (Å²) in [5, 5.41) is 9.86. The lowest BCUT2D eigenvalue weighted by molar-refractivity contribution is 0.455. The molecular weight excluding hydrogens is 212 g/mol. The van der Waals surface area contributed by atoms with Crippen molar-refractivity contribution in [3.63, 3.8) is 0 Å². The Morgan fingerprint density at radius 2 is 1.60 bits per heavy atom. The molecule has 0 fully saturated rings. The lowest BCUT2D eigenvalue weighted by atomic mass is 10.3. The summed E-state index contributed by atoms with van der Waals surface area (Å²) in [4.78, 5) is 0. The second kappa shape index (κ2) is 4.24. The van der Waals surface area contributed by atoms with Gasteiger partial charge in [0.1, 0.15) is 17.2 Å². The van der Waals surface area contributed by atoms with Crippen LogP contribution < -0.4 is 4.74 Å². The van der Waals surface area contributed by atoms with Crippen LogP contribution in [0.5, 0.6) is 17.2 Å². The maximum absolute atomic E-state index is 9.24. The summed E-state index contributed by atoms with van der Waals surface area (Å²) >= 11 is 5.81. The van der Waals surface area contributed by atoms with E-state index in [-0.39, 0.29) is 5.75 Å². The largest absolute Gasteiger partial charge is 0.508 e. The summed E-state index contributed by atoms with van der Waals surface area (Å²) in [6, 6.07) is 13.7. The van der Waals surface area contributed by atoms with E-state index in [4.69, 9.17) is 16.3 Å². The molecular formula is C12H9ClO2. The molecule has 1 N–H and O–H groups in total. The van der Waals surface area contributed by atoms with Crippen LogP contribution in [0.15, 0.2) is 48.5 Å². The second-order valence-corrected chi connectivity index (χ2v) is 3.49. The van der Waals surface area contributed by atoms with Gasteiger partial charge in [-0.2, -0.15) is 0 Å². The van der Waals surface area contributed by atoms with Gasteiger partial charge in [-0.3, -0.25) is 0 Å². The van der Waals surface area contributed by atoms with Crippen LogP contribution in [0.2, 0.25) is 5.02 Å². The molecule has 0 aromatic heterocycles. The second-order valence-electron chi connectivity index (χ2n) is 3.06. The monoisotopic (exact) mass is 220 g/mol. The van der Waals surface area contributed by atoms with Crippen molar-refractivity contribution >= 4 is 11.6 Å². The minimum atomic E-state index is 0.175. The van der Waals surface area contributed by atoms with Crippen LogP contribution in [0.25, 0.3) is 0 Å². The van der Waals surface area contributed by atoms with Gasteiger partial charge in [0.05, 0.1) is 0 Å². The number of hydrogen-bond acceptors (Lipinski definition) is 2. The molecule has 0 unspecified atom stereocenters. The van der Waals surface area contributed by atoms with Crippen molar-refractivity contribution in [3.8, 4) is 17.2 Å². The van der Waals surface area contributed by atoms with Gasteiger partial charge in [-0.05, 0) is 30.3 Å². The van der Waals surface area contributed by atoms with Crippen molar-refractivity contribution in [3.05, 3.63) is 53.6 Å². The first kappa shape index (κ1) is 9.87. The van der Waals surface area contributed by atoms with Crippen LogP contribution in [-0.4, -0.2) is 5.11 Å². The van der Waals surface area contributed by atoms with E-state index in [1.54, 1.807) is 48.5 Å². The summed E-state index contributed by atoms with van der Waals surface area (Å²) in [6.07, 6.45) is 0. The third-order valence-electron chi connectivity index (χ3n) is 1.85. The van der Waals surface area contributed by atoms with E-state index in [9.17, 15) is 5.11 Å². The number of phenolic OH excluding ortho intramolecular Hbond substituents is 1. The average molecular weight is 221 g/mol. The number of aromatic hydroxyl groups is 1. The van der Waals surface area contributed by atoms with Crippen LogP contribution in [0.1, 0.15) is 0 Å². The van der Waals surface area contributed by atoms with Crippen molar-refractivity contribution in [2.45, 2.75) is 0 Å². The fraction of sp³-hybridized carbons (Fsp3) is 0. The zero-order valence-electron chi connectivity index (χ0n) is 7.85. The summed E-state index contributed by atoms with van der Waals surface area (Å²) in [6.45, 7) is 0. The van der Waals surface area contributed by atoms with Crippen molar-refractivity contribution in [2.75, 3.05) is 0 Å². The van der Waals surface area contributed by atoms with Crippen molar-refractivity contribution < 1.29 is 9.84 Å². The number of benzene rings is 2. The Labute approximate surface area is 92.7 Å². The van der Waals surface area contributed by atoms with Gasteiger partial charge in [0.2, 0.25) is 0 Å². The van der Waals surface area contributed by atoms with E-state index in [0.29, 0.717) is 16.5 Å². The molecule has 0 aliphatic rings. The molecule has 2 rings (SSSR count). The van der Waals surface area contributed by atoms with Gasteiger partial charge in [0.15, 0.2) is 0 Å². The highest BCUT2D eigenvalue weighted by Gasteiger charge is 1.98. The van der Waals surface area contributed by atoms with E-state index in [2.05, 4.69) is 0 Å². The molecule has 2 nitrogen and oxygen atoms in total. The first-order valence-electron chi connectivity index (χ1n) is 4.46. The molecule has 0 aliphatic heterocycles. The van der Waals surface area contributed by atoms with Gasteiger partial charge >= 0.3 is 0 Å². The number of hydrogen-bond donors (Lipinski definition) is 1. The third kappa shape index (κ3) is 2.64. The Bertz CT molecular complexity index is 425. The molecule has 0 heterocycles. The fourth-order valence-corrected chi connectivity index (χ4v) is 1.39. The Kier molecular flexibility index (Phi) is 2.79. The number of phenols is 1. The number of rotatable bonds is 2. The molecule has 76 valence electrons. The maximum Gasteiger partial charge on any atom is 0.131 e. The summed E-state index contributed by atoms with van der Waals surface area (Å²) in [5.41, 5.74) is 0. The predicted molar refractivity (Wildman–Crippen MR) is 59.6 cm³/mol. The highest BCUT2D eigenvalue weighted by Crippen LogP contribution is 2.26. The van der Waals surface area contributed by atoms with Gasteiger partial charge in [0, 0.05) is 11.1 Å². The topological polar surface area (TPSA) is 29.5 Å². The van der Waals surface area contributed by atoms with Crippen LogP contribution in [0.4, 0.5) is 0 Å². The highest BCUT2D eigenvalue weighted by molar-refractivity contribution is 6.30. The predicted octanol–water partition coefficient (Wildman–Crippen LogP) is 3.84. The van der Waals surface area contributed by atoms with Crippen molar-refractivity contribution in [2.24, 2.45) is 0 Å². The SMILES string of the molecule is Oc1cccc(Oc2cccc(Cl)c2)c1. The summed E-state index contributed by atoms with van der Waals surface area (Å²) < 4.78 is 5.50. The molecule has 0 atom stereocenters. The molecule has 0 saturated carbocycles. The van der Waals surface area contributed by atoms with Gasteiger partial charge in [0.25, 0.3) is 0 Å². The quantitative estimate of drug-likeness (QED) is 0.833. The van der Waals surface area contributed by atoms with Crippen LogP contribution in [-0.2, 0) is 0 Å². The molecule has 0 spiro atoms. The molecule has 0 saturated heterocycles. The van der Waals surface area contributed by atoms with E-state index >= 15 is 0 Å². The van der Waals surface area contributed by atoms with Crippen molar-refractivity contribution in [1.82, 2.24) is 0 Å². The Morgan fingerprint density at radius 3 is 2.27 bits per heavy atom. The van der Waals surface area contributed by atoms with Crippen LogP contribution in [0, 0.1) is 0 Å². The van der Waals surface area contributed by atoms with Crippen molar-refractivity contribution in [1.29, 1.82) is 0 Å². The van der Waals surface area contributed by atoms with Gasteiger partial charge in [-0.25, -0.2) is 0 Å². The summed E-state index contributed by atoms with van der Waals surface area (Å²) in [7, 11) is 0. The Balaban J connectivity index is 2.22. The van der Waals surface area contributed by atoms with Crippen LogP contribution >= 0.6 is 11.6 Å². The smallest absolute Gasteiger partial charge is 0.131 e. The number of ether oxygens (including phenoxy) is 1. The molecule has 2 aromatic rings. The van der Waals surface area contributed by atoms with E-state index in [1.807, 2.05) is 0 Å². The molecule has 0 amide bonds.